The molecule has 1 heterocycles. The number of sulfone groups is 1. The summed E-state index contributed by atoms with van der Waals surface area (Å²) in [5.41, 5.74) is 4.33. The summed E-state index contributed by atoms with van der Waals surface area (Å²) >= 11 is 0.578. The number of aliphatic hydroxyl groups is 2. The molecule has 0 bridgehead atoms. The molecule has 13 heteroatoms. The molecular formula is C18H21F3N2O6S2. The van der Waals surface area contributed by atoms with Crippen molar-refractivity contribution in [3.63, 3.8) is 0 Å². The highest BCUT2D eigenvalue weighted by Gasteiger charge is 2.33. The van der Waals surface area contributed by atoms with Gasteiger partial charge in [-0.15, -0.1) is 24.5 Å². The van der Waals surface area contributed by atoms with Crippen molar-refractivity contribution < 1.29 is 41.3 Å². The largest absolute Gasteiger partial charge is 0.573 e. The first-order valence-corrected chi connectivity index (χ1v) is 11.0. The van der Waals surface area contributed by atoms with Crippen molar-refractivity contribution in [2.75, 3.05) is 5.32 Å². The first-order chi connectivity index (χ1) is 14.0. The summed E-state index contributed by atoms with van der Waals surface area (Å²) in [5, 5.41) is 22.8. The number of carbonyl (C=O) groups excluding carboxylic acids is 1. The Morgan fingerprint density at radius 2 is 1.71 bits per heavy atom. The standard InChI is InChI=1S/C18H21F3N2O6S2/c1-17(2,3)13(24)15(26)23-16-11(14(22)25)8-12(30-16)31(27,28)10-6-4-9(5-7-10)29-18(19,20)21/h4-8,13,15,23-24,26H,1-3H3,(H2,22,25). The number of aliphatic hydroxyl groups excluding tert-OH is 2. The number of halogens is 3. The van der Waals surface area contributed by atoms with E-state index in [1.165, 1.54) is 0 Å². The molecule has 0 saturated heterocycles. The van der Waals surface area contributed by atoms with Crippen molar-refractivity contribution in [3.05, 3.63) is 35.9 Å². The van der Waals surface area contributed by atoms with Crippen LogP contribution in [0.5, 0.6) is 5.75 Å². The minimum Gasteiger partial charge on any atom is -0.406 e. The third-order valence-corrected chi connectivity index (χ3v) is 7.38. The number of carbonyl (C=O) groups is 1. The Morgan fingerprint density at radius 1 is 1.16 bits per heavy atom. The molecular weight excluding hydrogens is 461 g/mol. The lowest BCUT2D eigenvalue weighted by atomic mass is 9.88. The average Bonchev–Trinajstić information content (AvgIpc) is 3.04. The van der Waals surface area contributed by atoms with Gasteiger partial charge in [0.05, 0.1) is 10.5 Å². The van der Waals surface area contributed by atoms with Gasteiger partial charge in [-0.05, 0) is 35.7 Å². The molecule has 1 aromatic carbocycles. The number of hydrogen-bond acceptors (Lipinski definition) is 8. The smallest absolute Gasteiger partial charge is 0.406 e. The van der Waals surface area contributed by atoms with Crippen molar-refractivity contribution in [1.82, 2.24) is 0 Å². The molecule has 0 fully saturated rings. The summed E-state index contributed by atoms with van der Waals surface area (Å²) in [6, 6.07) is 4.51. The maximum atomic E-state index is 12.9. The first kappa shape index (κ1) is 24.9. The van der Waals surface area contributed by atoms with Gasteiger partial charge in [0.15, 0.2) is 6.23 Å². The number of primary amides is 1. The van der Waals surface area contributed by atoms with Crippen molar-refractivity contribution >= 4 is 32.1 Å². The van der Waals surface area contributed by atoms with Gasteiger partial charge in [-0.1, -0.05) is 20.8 Å². The van der Waals surface area contributed by atoms with Gasteiger partial charge in [0.25, 0.3) is 5.91 Å². The Hall–Kier alpha value is -2.35. The van der Waals surface area contributed by atoms with E-state index in [2.05, 4.69) is 10.1 Å². The zero-order chi connectivity index (χ0) is 23.8. The van der Waals surface area contributed by atoms with Crippen LogP contribution in [-0.4, -0.2) is 43.2 Å². The van der Waals surface area contributed by atoms with Crippen LogP contribution in [-0.2, 0) is 9.84 Å². The van der Waals surface area contributed by atoms with E-state index < -0.39 is 45.6 Å². The van der Waals surface area contributed by atoms with Crippen molar-refractivity contribution in [3.8, 4) is 5.75 Å². The fraction of sp³-hybridized carbons (Fsp3) is 0.389. The van der Waals surface area contributed by atoms with Gasteiger partial charge in [0.1, 0.15) is 21.1 Å². The number of thiophene rings is 1. The van der Waals surface area contributed by atoms with Gasteiger partial charge >= 0.3 is 6.36 Å². The Morgan fingerprint density at radius 3 is 2.16 bits per heavy atom. The molecule has 0 radical (unpaired) electrons. The molecule has 0 aliphatic rings. The fourth-order valence-corrected chi connectivity index (χ4v) is 5.22. The van der Waals surface area contributed by atoms with Crippen LogP contribution in [0.2, 0.25) is 0 Å². The van der Waals surface area contributed by atoms with Crippen molar-refractivity contribution in [2.24, 2.45) is 11.1 Å². The second-order valence-electron chi connectivity index (χ2n) is 7.60. The van der Waals surface area contributed by atoms with E-state index in [0.717, 1.165) is 30.3 Å². The molecule has 2 unspecified atom stereocenters. The maximum Gasteiger partial charge on any atom is 0.573 e. The van der Waals surface area contributed by atoms with Crippen LogP contribution in [0.25, 0.3) is 0 Å². The van der Waals surface area contributed by atoms with E-state index >= 15 is 0 Å². The monoisotopic (exact) mass is 482 g/mol. The lowest BCUT2D eigenvalue weighted by Crippen LogP contribution is -2.42. The molecule has 0 saturated carbocycles. The quantitative estimate of drug-likeness (QED) is 0.445. The zero-order valence-corrected chi connectivity index (χ0v) is 18.2. The van der Waals surface area contributed by atoms with E-state index in [9.17, 15) is 36.6 Å². The molecule has 31 heavy (non-hydrogen) atoms. The predicted molar refractivity (Wildman–Crippen MR) is 107 cm³/mol. The molecule has 172 valence electrons. The van der Waals surface area contributed by atoms with Gasteiger partial charge in [-0.3, -0.25) is 4.79 Å². The normalized spacial score (nSPS) is 14.7. The topological polar surface area (TPSA) is 139 Å². The molecule has 0 spiro atoms. The van der Waals surface area contributed by atoms with Crippen LogP contribution in [0.15, 0.2) is 39.4 Å². The summed E-state index contributed by atoms with van der Waals surface area (Å²) in [6.45, 7) is 4.98. The highest BCUT2D eigenvalue weighted by Crippen LogP contribution is 2.36. The molecule has 2 aromatic rings. The summed E-state index contributed by atoms with van der Waals surface area (Å²) in [4.78, 5) is 11.4. The van der Waals surface area contributed by atoms with E-state index in [0.29, 0.717) is 11.3 Å². The van der Waals surface area contributed by atoms with Crippen LogP contribution < -0.4 is 15.8 Å². The predicted octanol–water partition coefficient (Wildman–Crippen LogP) is 2.72. The summed E-state index contributed by atoms with van der Waals surface area (Å²) in [6.07, 6.45) is -7.73. The maximum absolute atomic E-state index is 12.9. The fourth-order valence-electron chi connectivity index (χ4n) is 2.41. The van der Waals surface area contributed by atoms with Crippen LogP contribution in [0, 0.1) is 5.41 Å². The number of alkyl halides is 3. The second-order valence-corrected chi connectivity index (χ2v) is 10.8. The van der Waals surface area contributed by atoms with E-state index in [4.69, 9.17) is 5.73 Å². The summed E-state index contributed by atoms with van der Waals surface area (Å²) in [5.74, 6) is -1.58. The molecule has 2 atom stereocenters. The van der Waals surface area contributed by atoms with Gasteiger partial charge < -0.3 is 26.0 Å². The van der Waals surface area contributed by atoms with Crippen LogP contribution in [0.3, 0.4) is 0 Å². The number of benzene rings is 1. The number of amides is 1. The molecule has 5 N–H and O–H groups in total. The van der Waals surface area contributed by atoms with Crippen LogP contribution >= 0.6 is 11.3 Å². The highest BCUT2D eigenvalue weighted by molar-refractivity contribution is 7.93. The molecule has 0 aliphatic carbocycles. The first-order valence-electron chi connectivity index (χ1n) is 8.69. The Balaban J connectivity index is 2.38. The lowest BCUT2D eigenvalue weighted by Gasteiger charge is -2.30. The van der Waals surface area contributed by atoms with E-state index in [-0.39, 0.29) is 19.7 Å². The number of ether oxygens (including phenoxy) is 1. The van der Waals surface area contributed by atoms with Crippen molar-refractivity contribution in [2.45, 2.75) is 48.6 Å². The number of nitrogens with two attached hydrogens (primary N) is 1. The number of rotatable bonds is 7. The van der Waals surface area contributed by atoms with Crippen LogP contribution in [0.1, 0.15) is 31.1 Å². The Labute approximate surface area is 180 Å². The van der Waals surface area contributed by atoms with Gasteiger partial charge in [0, 0.05) is 0 Å². The molecule has 0 aliphatic heterocycles. The van der Waals surface area contributed by atoms with Crippen LogP contribution in [0.4, 0.5) is 18.2 Å². The average molecular weight is 483 g/mol. The third-order valence-electron chi connectivity index (χ3n) is 4.07. The number of anilines is 1. The molecule has 1 amide bonds. The van der Waals surface area contributed by atoms with Gasteiger partial charge in [0.2, 0.25) is 9.84 Å². The highest BCUT2D eigenvalue weighted by atomic mass is 32.2. The third kappa shape index (κ3) is 6.09. The summed E-state index contributed by atoms with van der Waals surface area (Å²) < 4.78 is 65.9. The minimum absolute atomic E-state index is 0.0844. The lowest BCUT2D eigenvalue weighted by molar-refractivity contribution is -0.274. The molecule has 1 aromatic heterocycles. The number of hydrogen-bond donors (Lipinski definition) is 4. The van der Waals surface area contributed by atoms with E-state index in [1.807, 2.05) is 0 Å². The van der Waals surface area contributed by atoms with Gasteiger partial charge in [-0.25, -0.2) is 8.42 Å². The SMILES string of the molecule is CC(C)(C)C(O)C(O)Nc1sc(S(=O)(=O)c2ccc(OC(F)(F)F)cc2)cc1C(N)=O. The Kier molecular flexibility index (Phi) is 6.95. The van der Waals surface area contributed by atoms with Crippen molar-refractivity contribution in [1.29, 1.82) is 0 Å². The Bertz CT molecular complexity index is 1040. The second kappa shape index (κ2) is 8.65. The molecule has 8 nitrogen and oxygen atoms in total. The van der Waals surface area contributed by atoms with E-state index in [1.54, 1.807) is 20.8 Å². The zero-order valence-electron chi connectivity index (χ0n) is 16.6. The number of nitrogens with one attached hydrogen (secondary N) is 1. The van der Waals surface area contributed by atoms with Gasteiger partial charge in [-0.2, -0.15) is 0 Å². The molecule has 2 rings (SSSR count). The minimum atomic E-state index is -4.93. The summed E-state index contributed by atoms with van der Waals surface area (Å²) in [7, 11) is -4.23.